The maximum absolute atomic E-state index is 5.25. The Kier molecular flexibility index (Phi) is 97.9. The standard InChI is InChI=1S/4C9H18.3C8H17N.C8H16O.8C2H6/c4*1-8(2)9-6-4-3-5-7-9;1-7(2)8-3-5-9-6-4-8;1-8(2)9-6-4-3-5-7-9;1-7(2)8-5-3-4-6-9-8;1-7(2)8-3-5-9-6-4-8;8*1-2/h4*8-9H,3-7H2,1-2H3;7-9H,3-6H2,1-2H3;8H,3-7H2,1-2H3;7-9H,3-6H2,1-2H3;7-8H,3-6H2,1-2H3;8*1-2H3. The quantitative estimate of drug-likeness (QED) is 0.254. The Hall–Kier alpha value is -0.160. The lowest BCUT2D eigenvalue weighted by molar-refractivity contribution is 0.0523. The van der Waals surface area contributed by atoms with Gasteiger partial charge in [-0.3, -0.25) is 0 Å². The molecule has 4 aliphatic carbocycles. The summed E-state index contributed by atoms with van der Waals surface area (Å²) < 4.78 is 5.25. The van der Waals surface area contributed by atoms with E-state index in [2.05, 4.69) is 126 Å². The molecule has 1 atom stereocenters. The predicted molar refractivity (Wildman–Crippen MR) is 416 cm³/mol. The molecular weight excluding hydrogens is 1070 g/mol. The minimum atomic E-state index is 0.769. The van der Waals surface area contributed by atoms with E-state index in [1.807, 2.05) is 111 Å². The summed E-state index contributed by atoms with van der Waals surface area (Å²) in [6, 6.07) is 1.57. The Morgan fingerprint density at radius 3 is 0.659 bits per heavy atom. The summed E-state index contributed by atoms with van der Waals surface area (Å²) >= 11 is 0. The van der Waals surface area contributed by atoms with Gasteiger partial charge in [0.2, 0.25) is 0 Å². The Morgan fingerprint density at radius 1 is 0.250 bits per heavy atom. The molecule has 4 saturated heterocycles. The molecule has 0 amide bonds. The number of rotatable bonds is 8. The van der Waals surface area contributed by atoms with Crippen LogP contribution in [-0.4, -0.2) is 62.9 Å². The molecule has 8 fully saturated rings. The third-order valence-electron chi connectivity index (χ3n) is 19.2. The first-order chi connectivity index (χ1) is 42.4. The number of hydrogen-bond donors (Lipinski definition) is 2. The molecule has 0 aromatic carbocycles. The van der Waals surface area contributed by atoms with Crippen LogP contribution >= 0.6 is 0 Å². The van der Waals surface area contributed by atoms with Crippen LogP contribution in [0, 0.1) is 76.9 Å². The lowest BCUT2D eigenvalue weighted by atomic mass is 9.82. The second kappa shape index (κ2) is 82.9. The van der Waals surface area contributed by atoms with Crippen molar-refractivity contribution in [3.05, 3.63) is 0 Å². The molecule has 8 rings (SSSR count). The van der Waals surface area contributed by atoms with Crippen LogP contribution in [0.2, 0.25) is 0 Å². The van der Waals surface area contributed by atoms with E-state index in [1.54, 1.807) is 0 Å². The number of nitrogens with one attached hydrogen (secondary N) is 2. The van der Waals surface area contributed by atoms with Crippen molar-refractivity contribution in [2.24, 2.45) is 76.9 Å². The number of piperidine rings is 3. The van der Waals surface area contributed by atoms with Crippen LogP contribution in [0.25, 0.3) is 0 Å². The highest BCUT2D eigenvalue weighted by molar-refractivity contribution is 4.75. The zero-order valence-corrected chi connectivity index (χ0v) is 68.7. The van der Waals surface area contributed by atoms with E-state index in [-0.39, 0.29) is 0 Å². The van der Waals surface area contributed by atoms with Crippen molar-refractivity contribution >= 4 is 0 Å². The molecule has 4 heteroatoms. The zero-order chi connectivity index (χ0) is 69.5. The topological polar surface area (TPSA) is 36.5 Å². The highest BCUT2D eigenvalue weighted by Crippen LogP contribution is 2.32. The molecule has 8 aliphatic rings. The summed E-state index contributed by atoms with van der Waals surface area (Å²) in [4.78, 5) is 2.56. The van der Waals surface area contributed by atoms with Crippen molar-refractivity contribution in [3.63, 3.8) is 0 Å². The van der Waals surface area contributed by atoms with Crippen molar-refractivity contribution < 1.29 is 4.74 Å². The van der Waals surface area contributed by atoms with Gasteiger partial charge in [-0.15, -0.1) is 0 Å². The Balaban J connectivity index is -0.000000134. The van der Waals surface area contributed by atoms with Gasteiger partial charge in [0.1, 0.15) is 0 Å². The first-order valence-corrected chi connectivity index (χ1v) is 41.2. The van der Waals surface area contributed by atoms with Crippen LogP contribution in [0.3, 0.4) is 0 Å². The lowest BCUT2D eigenvalue weighted by Gasteiger charge is -2.29. The average Bonchev–Trinajstić information content (AvgIpc) is 3.61. The molecule has 88 heavy (non-hydrogen) atoms. The second-order valence-corrected chi connectivity index (χ2v) is 27.6. The number of ether oxygens (including phenoxy) is 1. The van der Waals surface area contributed by atoms with Gasteiger partial charge in [-0.1, -0.05) is 349 Å². The van der Waals surface area contributed by atoms with Gasteiger partial charge in [0.05, 0.1) is 0 Å². The summed E-state index contributed by atoms with van der Waals surface area (Å²) in [5.74, 6) is 12.5. The molecule has 0 aromatic rings. The molecule has 2 N–H and O–H groups in total. The fourth-order valence-electron chi connectivity index (χ4n) is 13.0. The zero-order valence-electron chi connectivity index (χ0n) is 68.7. The first-order valence-electron chi connectivity index (χ1n) is 41.2. The minimum absolute atomic E-state index is 0.769. The molecule has 1 unspecified atom stereocenters. The maximum Gasteiger partial charge on any atom is 0.0468 e. The highest BCUT2D eigenvalue weighted by Gasteiger charge is 2.21. The molecule has 0 bridgehead atoms. The summed E-state index contributed by atoms with van der Waals surface area (Å²) in [6.07, 6.45) is 43.6. The van der Waals surface area contributed by atoms with Crippen LogP contribution in [0.1, 0.15) is 414 Å². The molecule has 4 saturated carbocycles. The monoisotopic (exact) mass is 1250 g/mol. The fourth-order valence-corrected chi connectivity index (χ4v) is 13.0. The third kappa shape index (κ3) is 67.3. The number of hydrogen-bond acceptors (Lipinski definition) is 4. The van der Waals surface area contributed by atoms with Gasteiger partial charge in [-0.05, 0) is 175 Å². The van der Waals surface area contributed by atoms with E-state index in [9.17, 15) is 0 Å². The van der Waals surface area contributed by atoms with Gasteiger partial charge in [0.15, 0.2) is 0 Å². The van der Waals surface area contributed by atoms with Crippen LogP contribution in [0.15, 0.2) is 0 Å². The van der Waals surface area contributed by atoms with Crippen molar-refractivity contribution in [3.8, 4) is 0 Å². The van der Waals surface area contributed by atoms with E-state index >= 15 is 0 Å². The van der Waals surface area contributed by atoms with Crippen LogP contribution < -0.4 is 10.6 Å². The summed E-state index contributed by atoms with van der Waals surface area (Å²) in [5, 5.41) is 6.89. The fraction of sp³-hybridized carbons (Fsp3) is 1.00. The molecule has 4 nitrogen and oxygen atoms in total. The SMILES string of the molecule is CC.CC.CC.CC.CC.CC.CC.CC.CC(C)C1CCCCC1.CC(C)C1CCCCC1.CC(C)C1CCCCC1.CC(C)C1CCCCC1.CC(C)C1CCCCN1.CC(C)C1CCNCC1.CC(C)C1CCOCC1.CC(C)N1CCCCC1. The second-order valence-electron chi connectivity index (χ2n) is 27.6. The van der Waals surface area contributed by atoms with Crippen molar-refractivity contribution in [2.75, 3.05) is 45.9 Å². The van der Waals surface area contributed by atoms with Crippen molar-refractivity contribution in [2.45, 2.75) is 426 Å². The van der Waals surface area contributed by atoms with Gasteiger partial charge >= 0.3 is 0 Å². The maximum atomic E-state index is 5.25. The van der Waals surface area contributed by atoms with E-state index in [0.29, 0.717) is 0 Å². The molecule has 0 spiro atoms. The molecule has 4 heterocycles. The van der Waals surface area contributed by atoms with Gasteiger partial charge in [-0.25, -0.2) is 0 Å². The van der Waals surface area contributed by atoms with Crippen LogP contribution in [0.5, 0.6) is 0 Å². The van der Waals surface area contributed by atoms with Gasteiger partial charge in [-0.2, -0.15) is 0 Å². The van der Waals surface area contributed by atoms with Gasteiger partial charge < -0.3 is 20.3 Å². The van der Waals surface area contributed by atoms with Crippen LogP contribution in [0.4, 0.5) is 0 Å². The molecule has 0 radical (unpaired) electrons. The smallest absolute Gasteiger partial charge is 0.0468 e. The molecular formula is C84H187N3O. The lowest BCUT2D eigenvalue weighted by Crippen LogP contribution is -2.37. The van der Waals surface area contributed by atoms with E-state index in [4.69, 9.17) is 4.74 Å². The minimum Gasteiger partial charge on any atom is -0.381 e. The van der Waals surface area contributed by atoms with E-state index in [1.165, 1.54) is 225 Å². The summed E-state index contributed by atoms with van der Waals surface area (Å²) in [5.41, 5.74) is 0. The highest BCUT2D eigenvalue weighted by atomic mass is 16.5. The first kappa shape index (κ1) is 104. The van der Waals surface area contributed by atoms with Crippen molar-refractivity contribution in [1.82, 2.24) is 15.5 Å². The molecule has 0 aromatic heterocycles. The average molecular weight is 1260 g/mol. The summed E-state index contributed by atoms with van der Waals surface area (Å²) in [6.45, 7) is 77.6. The molecule has 544 valence electrons. The van der Waals surface area contributed by atoms with E-state index < -0.39 is 0 Å². The van der Waals surface area contributed by atoms with E-state index in [0.717, 1.165) is 102 Å². The van der Waals surface area contributed by atoms with Crippen molar-refractivity contribution in [1.29, 1.82) is 0 Å². The Bertz CT molecular complexity index is 836. The normalized spacial score (nSPS) is 20.0. The van der Waals surface area contributed by atoms with Gasteiger partial charge in [0.25, 0.3) is 0 Å². The number of nitrogens with zero attached hydrogens (tertiary/aromatic N) is 1. The predicted octanol–water partition coefficient (Wildman–Crippen LogP) is 28.5. The third-order valence-corrected chi connectivity index (χ3v) is 19.2. The summed E-state index contributed by atoms with van der Waals surface area (Å²) in [7, 11) is 0. The van der Waals surface area contributed by atoms with Gasteiger partial charge in [0, 0.05) is 25.3 Å². The largest absolute Gasteiger partial charge is 0.381 e. The Labute approximate surface area is 566 Å². The van der Waals surface area contributed by atoms with Crippen LogP contribution in [-0.2, 0) is 4.74 Å². The number of likely N-dealkylation sites (tertiary alicyclic amines) is 1. The molecule has 4 aliphatic heterocycles. The Morgan fingerprint density at radius 2 is 0.489 bits per heavy atom.